The first kappa shape index (κ1) is 18.6. The average Bonchev–Trinajstić information content (AvgIpc) is 2.78. The number of hydrogen-bond donors (Lipinski definition) is 2. The lowest BCUT2D eigenvalue weighted by atomic mass is 9.92. The van der Waals surface area contributed by atoms with Crippen LogP contribution in [-0.2, 0) is 4.79 Å². The standard InChI is InChI=1S/C25H21NO3/c27-22-16-15-18-9-7-8-14-21(18)24(22)25(19-10-3-1-4-11-19)26-23(28)17-29-20-12-5-2-6-13-20/h1-16,25,27H,17H2,(H,26,28). The number of hydrogen-bond acceptors (Lipinski definition) is 3. The summed E-state index contributed by atoms with van der Waals surface area (Å²) in [6.07, 6.45) is 0. The minimum Gasteiger partial charge on any atom is -0.508 e. The number of nitrogens with one attached hydrogen (secondary N) is 1. The first-order valence-electron chi connectivity index (χ1n) is 9.45. The van der Waals surface area contributed by atoms with E-state index in [2.05, 4.69) is 5.32 Å². The maximum absolute atomic E-state index is 12.7. The van der Waals surface area contributed by atoms with Crippen molar-refractivity contribution in [1.82, 2.24) is 5.32 Å². The van der Waals surface area contributed by atoms with Gasteiger partial charge in [-0.3, -0.25) is 4.79 Å². The summed E-state index contributed by atoms with van der Waals surface area (Å²) in [4.78, 5) is 12.7. The molecule has 4 heteroatoms. The van der Waals surface area contributed by atoms with Gasteiger partial charge in [0.05, 0.1) is 6.04 Å². The molecule has 0 heterocycles. The Labute approximate surface area is 169 Å². The Kier molecular flexibility index (Phi) is 5.43. The van der Waals surface area contributed by atoms with Crippen molar-refractivity contribution in [3.63, 3.8) is 0 Å². The highest BCUT2D eigenvalue weighted by atomic mass is 16.5. The number of fused-ring (bicyclic) bond motifs is 1. The monoisotopic (exact) mass is 383 g/mol. The van der Waals surface area contributed by atoms with Gasteiger partial charge < -0.3 is 15.2 Å². The van der Waals surface area contributed by atoms with Gasteiger partial charge in [-0.15, -0.1) is 0 Å². The smallest absolute Gasteiger partial charge is 0.258 e. The van der Waals surface area contributed by atoms with Crippen molar-refractivity contribution in [3.8, 4) is 11.5 Å². The topological polar surface area (TPSA) is 58.6 Å². The van der Waals surface area contributed by atoms with Crippen LogP contribution < -0.4 is 10.1 Å². The summed E-state index contributed by atoms with van der Waals surface area (Å²) < 4.78 is 5.58. The number of carbonyl (C=O) groups is 1. The fourth-order valence-corrected chi connectivity index (χ4v) is 3.42. The van der Waals surface area contributed by atoms with Crippen molar-refractivity contribution in [2.24, 2.45) is 0 Å². The zero-order chi connectivity index (χ0) is 20.1. The van der Waals surface area contributed by atoms with Gasteiger partial charge in [0.15, 0.2) is 6.61 Å². The molecule has 4 nitrogen and oxygen atoms in total. The van der Waals surface area contributed by atoms with Crippen molar-refractivity contribution in [2.45, 2.75) is 6.04 Å². The van der Waals surface area contributed by atoms with Crippen LogP contribution in [0.4, 0.5) is 0 Å². The van der Waals surface area contributed by atoms with Crippen molar-refractivity contribution in [1.29, 1.82) is 0 Å². The second-order valence-corrected chi connectivity index (χ2v) is 6.73. The summed E-state index contributed by atoms with van der Waals surface area (Å²) >= 11 is 0. The fourth-order valence-electron chi connectivity index (χ4n) is 3.42. The van der Waals surface area contributed by atoms with Crippen LogP contribution in [0.15, 0.2) is 97.1 Å². The van der Waals surface area contributed by atoms with Crippen LogP contribution >= 0.6 is 0 Å². The maximum Gasteiger partial charge on any atom is 0.258 e. The van der Waals surface area contributed by atoms with E-state index in [0.717, 1.165) is 16.3 Å². The Bertz CT molecular complexity index is 1110. The van der Waals surface area contributed by atoms with Crippen LogP contribution in [0.3, 0.4) is 0 Å². The fraction of sp³-hybridized carbons (Fsp3) is 0.0800. The molecule has 1 amide bonds. The van der Waals surface area contributed by atoms with E-state index < -0.39 is 6.04 Å². The lowest BCUT2D eigenvalue weighted by molar-refractivity contribution is -0.123. The molecule has 4 rings (SSSR count). The molecule has 4 aromatic carbocycles. The second-order valence-electron chi connectivity index (χ2n) is 6.73. The summed E-state index contributed by atoms with van der Waals surface area (Å²) in [5.41, 5.74) is 1.55. The molecular weight excluding hydrogens is 362 g/mol. The molecule has 1 unspecified atom stereocenters. The van der Waals surface area contributed by atoms with Gasteiger partial charge in [0.2, 0.25) is 0 Å². The van der Waals surface area contributed by atoms with Crippen LogP contribution in [0.1, 0.15) is 17.2 Å². The van der Waals surface area contributed by atoms with Gasteiger partial charge in [-0.05, 0) is 34.5 Å². The number of ether oxygens (including phenoxy) is 1. The highest BCUT2D eigenvalue weighted by Crippen LogP contribution is 2.35. The summed E-state index contributed by atoms with van der Waals surface area (Å²) in [5, 5.41) is 15.6. The van der Waals surface area contributed by atoms with Gasteiger partial charge >= 0.3 is 0 Å². The third-order valence-electron chi connectivity index (χ3n) is 4.79. The average molecular weight is 383 g/mol. The van der Waals surface area contributed by atoms with E-state index in [1.54, 1.807) is 18.2 Å². The van der Waals surface area contributed by atoms with Crippen molar-refractivity contribution in [2.75, 3.05) is 6.61 Å². The summed E-state index contributed by atoms with van der Waals surface area (Å²) in [7, 11) is 0. The SMILES string of the molecule is O=C(COc1ccccc1)NC(c1ccccc1)c1c(O)ccc2ccccc12. The summed E-state index contributed by atoms with van der Waals surface area (Å²) in [6.45, 7) is -0.112. The molecule has 0 aliphatic carbocycles. The third kappa shape index (κ3) is 4.22. The van der Waals surface area contributed by atoms with E-state index in [0.29, 0.717) is 11.3 Å². The van der Waals surface area contributed by atoms with E-state index in [-0.39, 0.29) is 18.3 Å². The molecule has 0 saturated carbocycles. The molecule has 29 heavy (non-hydrogen) atoms. The van der Waals surface area contributed by atoms with Crippen LogP contribution in [0.25, 0.3) is 10.8 Å². The van der Waals surface area contributed by atoms with Crippen LogP contribution in [0.5, 0.6) is 11.5 Å². The molecule has 4 aromatic rings. The molecule has 2 N–H and O–H groups in total. The Hall–Kier alpha value is -3.79. The maximum atomic E-state index is 12.7. The number of benzene rings is 4. The Morgan fingerprint density at radius 1 is 0.828 bits per heavy atom. The minimum atomic E-state index is -0.505. The largest absolute Gasteiger partial charge is 0.508 e. The second kappa shape index (κ2) is 8.48. The van der Waals surface area contributed by atoms with Crippen LogP contribution in [0, 0.1) is 0 Å². The van der Waals surface area contributed by atoms with Crippen molar-refractivity contribution in [3.05, 3.63) is 108 Å². The van der Waals surface area contributed by atoms with E-state index in [9.17, 15) is 9.90 Å². The number of phenols is 1. The van der Waals surface area contributed by atoms with Gasteiger partial charge in [-0.25, -0.2) is 0 Å². The number of amides is 1. The third-order valence-corrected chi connectivity index (χ3v) is 4.79. The molecule has 0 spiro atoms. The zero-order valence-corrected chi connectivity index (χ0v) is 15.8. The lowest BCUT2D eigenvalue weighted by Crippen LogP contribution is -2.33. The molecule has 0 aliphatic rings. The molecule has 1 atom stereocenters. The minimum absolute atomic E-state index is 0.112. The quantitative estimate of drug-likeness (QED) is 0.501. The van der Waals surface area contributed by atoms with Gasteiger partial charge in [0.25, 0.3) is 5.91 Å². The molecule has 0 saturated heterocycles. The van der Waals surface area contributed by atoms with E-state index in [1.165, 1.54) is 0 Å². The number of carbonyl (C=O) groups excluding carboxylic acids is 1. The van der Waals surface area contributed by atoms with Gasteiger partial charge in [-0.1, -0.05) is 78.9 Å². The van der Waals surface area contributed by atoms with Gasteiger partial charge in [-0.2, -0.15) is 0 Å². The Morgan fingerprint density at radius 2 is 1.48 bits per heavy atom. The molecular formula is C25H21NO3. The molecule has 0 radical (unpaired) electrons. The van der Waals surface area contributed by atoms with E-state index in [1.807, 2.05) is 78.9 Å². The molecule has 0 bridgehead atoms. The van der Waals surface area contributed by atoms with E-state index >= 15 is 0 Å². The van der Waals surface area contributed by atoms with Gasteiger partial charge in [0.1, 0.15) is 11.5 Å². The summed E-state index contributed by atoms with van der Waals surface area (Å²) in [5.74, 6) is 0.504. The summed E-state index contributed by atoms with van der Waals surface area (Å²) in [6, 6.07) is 29.7. The highest BCUT2D eigenvalue weighted by Gasteiger charge is 2.22. The number of phenolic OH excluding ortho intramolecular Hbond substituents is 1. The number of para-hydroxylation sites is 1. The van der Waals surface area contributed by atoms with E-state index in [4.69, 9.17) is 4.74 Å². The number of rotatable bonds is 6. The van der Waals surface area contributed by atoms with Crippen LogP contribution in [-0.4, -0.2) is 17.6 Å². The van der Waals surface area contributed by atoms with Crippen LogP contribution in [0.2, 0.25) is 0 Å². The molecule has 0 aromatic heterocycles. The predicted octanol–water partition coefficient (Wildman–Crippen LogP) is 4.83. The Morgan fingerprint density at radius 3 is 2.24 bits per heavy atom. The normalized spacial score (nSPS) is 11.7. The number of aromatic hydroxyl groups is 1. The predicted molar refractivity (Wildman–Crippen MR) is 114 cm³/mol. The van der Waals surface area contributed by atoms with Crippen molar-refractivity contribution < 1.29 is 14.6 Å². The molecule has 144 valence electrons. The zero-order valence-electron chi connectivity index (χ0n) is 15.8. The lowest BCUT2D eigenvalue weighted by Gasteiger charge is -2.22. The Balaban J connectivity index is 1.67. The first-order valence-corrected chi connectivity index (χ1v) is 9.45. The van der Waals surface area contributed by atoms with Crippen molar-refractivity contribution >= 4 is 16.7 Å². The first-order chi connectivity index (χ1) is 14.2. The molecule has 0 fully saturated rings. The molecule has 0 aliphatic heterocycles. The van der Waals surface area contributed by atoms with Gasteiger partial charge in [0, 0.05) is 5.56 Å². The highest BCUT2D eigenvalue weighted by molar-refractivity contribution is 5.89.